The number of benzene rings is 2. The first-order chi connectivity index (χ1) is 9.58. The van der Waals surface area contributed by atoms with Gasteiger partial charge in [0.05, 0.1) is 12.9 Å². The first-order valence-electron chi connectivity index (χ1n) is 6.10. The molecule has 0 spiro atoms. The molecule has 2 aromatic carbocycles. The lowest BCUT2D eigenvalue weighted by atomic mass is 10.2. The highest BCUT2D eigenvalue weighted by molar-refractivity contribution is 7.83. The number of halogens is 1. The highest BCUT2D eigenvalue weighted by Crippen LogP contribution is 2.23. The van der Waals surface area contributed by atoms with Crippen molar-refractivity contribution >= 4 is 28.1 Å². The molecule has 0 saturated carbocycles. The van der Waals surface area contributed by atoms with Gasteiger partial charge in [-0.15, -0.1) is 0 Å². The number of nitrogen functional groups attached to an aromatic ring is 1. The number of hydrogen-bond acceptors (Lipinski definition) is 3. The maximum Gasteiger partial charge on any atom is 0.123 e. The van der Waals surface area contributed by atoms with Gasteiger partial charge >= 0.3 is 0 Å². The van der Waals surface area contributed by atoms with Crippen molar-refractivity contribution in [3.8, 4) is 5.75 Å². The van der Waals surface area contributed by atoms with Crippen LogP contribution in [-0.4, -0.2) is 11.3 Å². The van der Waals surface area contributed by atoms with Crippen LogP contribution in [0.2, 0.25) is 5.02 Å². The van der Waals surface area contributed by atoms with E-state index in [1.54, 1.807) is 37.4 Å². The average Bonchev–Trinajstić information content (AvgIpc) is 2.41. The molecule has 0 aromatic heterocycles. The molecule has 0 aliphatic carbocycles. The molecular formula is C15H16ClNO2S. The van der Waals surface area contributed by atoms with Crippen LogP contribution in [0, 0.1) is 0 Å². The van der Waals surface area contributed by atoms with Crippen LogP contribution in [0.3, 0.4) is 0 Å². The normalized spacial score (nSPS) is 12.1. The second kappa shape index (κ2) is 6.77. The molecule has 0 fully saturated rings. The van der Waals surface area contributed by atoms with Crippen molar-refractivity contribution in [3.05, 3.63) is 58.6 Å². The molecule has 0 bridgehead atoms. The Labute approximate surface area is 126 Å². The van der Waals surface area contributed by atoms with Gasteiger partial charge < -0.3 is 10.5 Å². The summed E-state index contributed by atoms with van der Waals surface area (Å²) in [4.78, 5) is 0. The lowest BCUT2D eigenvalue weighted by Crippen LogP contribution is -2.02. The molecule has 0 aliphatic heterocycles. The van der Waals surface area contributed by atoms with E-state index in [0.717, 1.165) is 11.1 Å². The van der Waals surface area contributed by atoms with Gasteiger partial charge in [0.25, 0.3) is 0 Å². The van der Waals surface area contributed by atoms with Crippen molar-refractivity contribution in [2.45, 2.75) is 11.5 Å². The number of anilines is 1. The Kier molecular flexibility index (Phi) is 5.04. The van der Waals surface area contributed by atoms with Crippen LogP contribution in [0.25, 0.3) is 0 Å². The van der Waals surface area contributed by atoms with E-state index >= 15 is 0 Å². The topological polar surface area (TPSA) is 52.3 Å². The number of ether oxygens (including phenoxy) is 1. The van der Waals surface area contributed by atoms with Crippen LogP contribution in [-0.2, 0) is 22.3 Å². The summed E-state index contributed by atoms with van der Waals surface area (Å²) in [6, 6.07) is 12.7. The summed E-state index contributed by atoms with van der Waals surface area (Å²) in [5.74, 6) is 1.61. The van der Waals surface area contributed by atoms with Gasteiger partial charge in [-0.05, 0) is 35.9 Å². The smallest absolute Gasteiger partial charge is 0.123 e. The molecule has 5 heteroatoms. The Morgan fingerprint density at radius 2 is 1.85 bits per heavy atom. The van der Waals surface area contributed by atoms with Crippen molar-refractivity contribution in [1.82, 2.24) is 0 Å². The molecule has 1 atom stereocenters. The fourth-order valence-corrected chi connectivity index (χ4v) is 3.27. The van der Waals surface area contributed by atoms with Crippen LogP contribution >= 0.6 is 11.6 Å². The number of hydrogen-bond donors (Lipinski definition) is 1. The zero-order valence-corrected chi connectivity index (χ0v) is 12.7. The minimum absolute atomic E-state index is 0.414. The Morgan fingerprint density at radius 1 is 1.15 bits per heavy atom. The molecule has 3 nitrogen and oxygen atoms in total. The highest BCUT2D eigenvalue weighted by Gasteiger charge is 2.09. The molecule has 0 saturated heterocycles. The Hall–Kier alpha value is -1.52. The summed E-state index contributed by atoms with van der Waals surface area (Å²) in [5.41, 5.74) is 8.26. The Morgan fingerprint density at radius 3 is 2.50 bits per heavy atom. The van der Waals surface area contributed by atoms with E-state index in [-0.39, 0.29) is 0 Å². The summed E-state index contributed by atoms with van der Waals surface area (Å²) in [6.45, 7) is 0. The minimum Gasteiger partial charge on any atom is -0.496 e. The minimum atomic E-state index is -1.03. The van der Waals surface area contributed by atoms with Crippen molar-refractivity contribution in [3.63, 3.8) is 0 Å². The predicted octanol–water partition coefficient (Wildman–Crippen LogP) is 3.38. The molecule has 20 heavy (non-hydrogen) atoms. The van der Waals surface area contributed by atoms with E-state index in [0.29, 0.717) is 28.0 Å². The zero-order chi connectivity index (χ0) is 14.5. The molecule has 0 radical (unpaired) electrons. The lowest BCUT2D eigenvalue weighted by molar-refractivity contribution is 0.411. The summed E-state index contributed by atoms with van der Waals surface area (Å²) in [6.07, 6.45) is 0. The van der Waals surface area contributed by atoms with Crippen molar-refractivity contribution in [2.75, 3.05) is 12.8 Å². The SMILES string of the molecule is COc1ccc(N)cc1CS(=O)Cc1ccc(Cl)cc1. The summed E-state index contributed by atoms with van der Waals surface area (Å²) in [5, 5.41) is 0.678. The number of nitrogens with two attached hydrogens (primary N) is 1. The second-order valence-corrected chi connectivity index (χ2v) is 6.32. The van der Waals surface area contributed by atoms with Gasteiger partial charge in [-0.3, -0.25) is 4.21 Å². The molecule has 0 heterocycles. The standard InChI is InChI=1S/C15H16ClNO2S/c1-19-15-7-6-14(17)8-12(15)10-20(18)9-11-2-4-13(16)5-3-11/h2-8H,9-10,17H2,1H3. The summed E-state index contributed by atoms with van der Waals surface area (Å²) < 4.78 is 17.5. The van der Waals surface area contributed by atoms with Gasteiger partial charge in [0, 0.05) is 32.8 Å². The van der Waals surface area contributed by atoms with Gasteiger partial charge in [0.1, 0.15) is 5.75 Å². The van der Waals surface area contributed by atoms with Gasteiger partial charge in [-0.2, -0.15) is 0 Å². The highest BCUT2D eigenvalue weighted by atomic mass is 35.5. The second-order valence-electron chi connectivity index (χ2n) is 4.43. The quantitative estimate of drug-likeness (QED) is 0.861. The molecule has 106 valence electrons. The van der Waals surface area contributed by atoms with Crippen LogP contribution < -0.4 is 10.5 Å². The average molecular weight is 310 g/mol. The van der Waals surface area contributed by atoms with Crippen LogP contribution in [0.5, 0.6) is 5.75 Å². The van der Waals surface area contributed by atoms with Crippen LogP contribution in [0.1, 0.15) is 11.1 Å². The maximum atomic E-state index is 12.2. The molecule has 2 N–H and O–H groups in total. The van der Waals surface area contributed by atoms with Crippen molar-refractivity contribution in [2.24, 2.45) is 0 Å². The fraction of sp³-hybridized carbons (Fsp3) is 0.200. The van der Waals surface area contributed by atoms with Gasteiger partial charge in [-0.1, -0.05) is 23.7 Å². The third-order valence-electron chi connectivity index (χ3n) is 2.86. The van der Waals surface area contributed by atoms with Gasteiger partial charge in [0.15, 0.2) is 0 Å². The van der Waals surface area contributed by atoms with E-state index in [9.17, 15) is 4.21 Å². The third-order valence-corrected chi connectivity index (χ3v) is 4.40. The summed E-state index contributed by atoms with van der Waals surface area (Å²) in [7, 11) is 0.567. The first-order valence-corrected chi connectivity index (χ1v) is 7.97. The van der Waals surface area contributed by atoms with Gasteiger partial charge in [-0.25, -0.2) is 0 Å². The van der Waals surface area contributed by atoms with Crippen molar-refractivity contribution < 1.29 is 8.95 Å². The predicted molar refractivity (Wildman–Crippen MR) is 84.4 cm³/mol. The van der Waals surface area contributed by atoms with E-state index in [1.165, 1.54) is 0 Å². The molecule has 2 rings (SSSR count). The molecule has 1 unspecified atom stereocenters. The molecule has 0 aliphatic rings. The Bertz CT molecular complexity index is 614. The molecular weight excluding hydrogens is 294 g/mol. The third kappa shape index (κ3) is 3.99. The lowest BCUT2D eigenvalue weighted by Gasteiger charge is -2.09. The number of methoxy groups -OCH3 is 1. The largest absolute Gasteiger partial charge is 0.496 e. The Balaban J connectivity index is 2.08. The first kappa shape index (κ1) is 14.9. The zero-order valence-electron chi connectivity index (χ0n) is 11.1. The van der Waals surface area contributed by atoms with Gasteiger partial charge in [0.2, 0.25) is 0 Å². The van der Waals surface area contributed by atoms with E-state index in [2.05, 4.69) is 0 Å². The summed E-state index contributed by atoms with van der Waals surface area (Å²) >= 11 is 5.83. The van der Waals surface area contributed by atoms with Crippen LogP contribution in [0.15, 0.2) is 42.5 Å². The monoisotopic (exact) mass is 309 g/mol. The van der Waals surface area contributed by atoms with Crippen LogP contribution in [0.4, 0.5) is 5.69 Å². The van der Waals surface area contributed by atoms with E-state index < -0.39 is 10.8 Å². The molecule has 2 aromatic rings. The van der Waals surface area contributed by atoms with E-state index in [1.807, 2.05) is 12.1 Å². The van der Waals surface area contributed by atoms with Crippen molar-refractivity contribution in [1.29, 1.82) is 0 Å². The van der Waals surface area contributed by atoms with E-state index in [4.69, 9.17) is 22.1 Å². The fourth-order valence-electron chi connectivity index (χ4n) is 1.90. The molecule has 0 amide bonds. The maximum absolute atomic E-state index is 12.2. The number of rotatable bonds is 5.